The van der Waals surface area contributed by atoms with Gasteiger partial charge in [-0.1, -0.05) is 36.4 Å². The minimum Gasteiger partial charge on any atom is -0.456 e. The van der Waals surface area contributed by atoms with Gasteiger partial charge in [-0.3, -0.25) is 23.7 Å². The van der Waals surface area contributed by atoms with E-state index < -0.39 is 67.1 Å². The molecule has 4 heterocycles. The lowest BCUT2D eigenvalue weighted by atomic mass is 9.96. The average molecular weight is 643 g/mol. The van der Waals surface area contributed by atoms with Crippen molar-refractivity contribution in [3.8, 4) is 0 Å². The van der Waals surface area contributed by atoms with Crippen LogP contribution in [0.2, 0.25) is 0 Å². The molecule has 0 aliphatic carbocycles. The second-order valence-electron chi connectivity index (χ2n) is 11.2. The van der Waals surface area contributed by atoms with Crippen LogP contribution in [0.4, 0.5) is 0 Å². The first-order valence-electron chi connectivity index (χ1n) is 14.6. The third-order valence-corrected chi connectivity index (χ3v) is 8.44. The molecule has 2 aromatic heterocycles. The summed E-state index contributed by atoms with van der Waals surface area (Å²) in [6.45, 7) is 2.65. The van der Waals surface area contributed by atoms with Gasteiger partial charge in [0.25, 0.3) is 0 Å². The molecule has 240 valence electrons. The number of hydrogen-bond donors (Lipinski definition) is 1. The number of nitrogens with zero attached hydrogens (tertiary/aromatic N) is 2. The fraction of sp³-hybridized carbons (Fsp3) is 0.273. The molecule has 7 rings (SSSR count). The Balaban J connectivity index is 1.67. The molecule has 1 saturated heterocycles. The first-order valence-corrected chi connectivity index (χ1v) is 14.6. The van der Waals surface area contributed by atoms with E-state index in [1.807, 2.05) is 0 Å². The number of hydrogen-bond acceptors (Lipinski definition) is 12. The van der Waals surface area contributed by atoms with Crippen molar-refractivity contribution < 1.29 is 57.6 Å². The Morgan fingerprint density at radius 1 is 0.766 bits per heavy atom. The highest BCUT2D eigenvalue weighted by molar-refractivity contribution is 6.37. The van der Waals surface area contributed by atoms with Crippen LogP contribution in [0.1, 0.15) is 47.7 Å². The predicted octanol–water partition coefficient (Wildman–Crippen LogP) is 2.94. The smallest absolute Gasteiger partial charge is 0.347 e. The minimum absolute atomic E-state index is 0.0146. The summed E-state index contributed by atoms with van der Waals surface area (Å²) in [5.74, 6) is -4.15. The number of ether oxygens (including phenoxy) is 5. The molecule has 14 heteroatoms. The lowest BCUT2D eigenvalue weighted by molar-refractivity contribution is -0.266. The van der Waals surface area contributed by atoms with Gasteiger partial charge in [0.05, 0.1) is 39.8 Å². The lowest BCUT2D eigenvalue weighted by Gasteiger charge is -2.45. The molecule has 0 spiro atoms. The van der Waals surface area contributed by atoms with E-state index in [4.69, 9.17) is 23.7 Å². The third kappa shape index (κ3) is 4.40. The summed E-state index contributed by atoms with van der Waals surface area (Å²) in [6.07, 6.45) is -6.50. The van der Waals surface area contributed by atoms with E-state index in [-0.39, 0.29) is 32.9 Å². The molecule has 0 radical (unpaired) electrons. The number of fused-ring (bicyclic) bond motifs is 10. The summed E-state index contributed by atoms with van der Waals surface area (Å²) < 4.78 is 31.2. The predicted molar refractivity (Wildman–Crippen MR) is 162 cm³/mol. The van der Waals surface area contributed by atoms with Crippen molar-refractivity contribution in [2.24, 2.45) is 0 Å². The Morgan fingerprint density at radius 3 is 1.85 bits per heavy atom. The van der Waals surface area contributed by atoms with Gasteiger partial charge >= 0.3 is 29.8 Å². The molecule has 5 aromatic rings. The van der Waals surface area contributed by atoms with Crippen LogP contribution in [0.25, 0.3) is 43.6 Å². The molecule has 0 saturated carbocycles. The monoisotopic (exact) mass is 642 g/mol. The summed E-state index contributed by atoms with van der Waals surface area (Å²) in [7, 11) is 0. The summed E-state index contributed by atoms with van der Waals surface area (Å²) in [5, 5.41) is 11.9. The maximum absolute atomic E-state index is 13.4. The summed E-state index contributed by atoms with van der Waals surface area (Å²) >= 11 is 0. The maximum atomic E-state index is 13.4. The number of aliphatic hydroxyl groups excluding tert-OH is 1. The SMILES string of the molecule is CC(=O)O[C@@H]1[C@@H](OC(C)=O)[C@H](n2c3ccccc3c3c4c(c5c6ccccc6n(C=O)c5c32)C(=O)OC4=O)O[C@H](CO)[C@@H]1OC(C)=O. The van der Waals surface area contributed by atoms with E-state index in [1.54, 1.807) is 53.1 Å². The summed E-state index contributed by atoms with van der Waals surface area (Å²) in [4.78, 5) is 76.7. The van der Waals surface area contributed by atoms with Crippen LogP contribution in [0.5, 0.6) is 0 Å². The van der Waals surface area contributed by atoms with Crippen LogP contribution in [0, 0.1) is 0 Å². The topological polar surface area (TPSA) is 179 Å². The number of benzene rings is 3. The van der Waals surface area contributed by atoms with Crippen LogP contribution in [-0.2, 0) is 42.9 Å². The van der Waals surface area contributed by atoms with Crippen molar-refractivity contribution >= 4 is 79.9 Å². The Morgan fingerprint density at radius 2 is 1.28 bits per heavy atom. The number of esters is 5. The molecule has 3 aromatic carbocycles. The Bertz CT molecular complexity index is 2210. The van der Waals surface area contributed by atoms with Crippen molar-refractivity contribution in [3.63, 3.8) is 0 Å². The maximum Gasteiger partial charge on any atom is 0.347 e. The highest BCUT2D eigenvalue weighted by atomic mass is 16.7. The van der Waals surface area contributed by atoms with Gasteiger partial charge in [0.1, 0.15) is 6.10 Å². The molecule has 2 aliphatic heterocycles. The number of aliphatic hydroxyl groups is 1. The van der Waals surface area contributed by atoms with Gasteiger partial charge in [0.15, 0.2) is 24.5 Å². The van der Waals surface area contributed by atoms with E-state index in [0.29, 0.717) is 28.2 Å². The number of para-hydroxylation sites is 2. The van der Waals surface area contributed by atoms with Gasteiger partial charge in [0.2, 0.25) is 6.41 Å². The van der Waals surface area contributed by atoms with Crippen molar-refractivity contribution in [1.29, 1.82) is 0 Å². The Kier molecular flexibility index (Phi) is 7.06. The molecule has 47 heavy (non-hydrogen) atoms. The molecular formula is C33H26N2O12. The zero-order valence-corrected chi connectivity index (χ0v) is 25.1. The fourth-order valence-corrected chi connectivity index (χ4v) is 6.94. The highest BCUT2D eigenvalue weighted by Crippen LogP contribution is 2.48. The molecule has 0 bridgehead atoms. The van der Waals surface area contributed by atoms with Gasteiger partial charge in [0, 0.05) is 42.3 Å². The second kappa shape index (κ2) is 11.0. The zero-order chi connectivity index (χ0) is 33.3. The van der Waals surface area contributed by atoms with Crippen LogP contribution in [-0.4, -0.2) is 81.5 Å². The molecule has 0 amide bonds. The number of cyclic esters (lactones) is 2. The highest BCUT2D eigenvalue weighted by Gasteiger charge is 2.53. The van der Waals surface area contributed by atoms with Gasteiger partial charge in [-0.15, -0.1) is 0 Å². The van der Waals surface area contributed by atoms with Crippen LogP contribution in [0.3, 0.4) is 0 Å². The molecule has 14 nitrogen and oxygen atoms in total. The molecule has 2 aliphatic rings. The molecule has 0 unspecified atom stereocenters. The standard InChI is InChI=1S/C33H26N2O12/c1-14(38)43-28-21(12-36)46-31(30(45-16(3)40)29(28)44-15(2)39)35-20-11-7-5-9-18(20)23-25-24(32(41)47-33(25)42)22-17-8-4-6-10-19(17)34(13-37)26(22)27(23)35/h4-11,13,21,28-31,36H,12H2,1-3H3/t21-,28+,29+,30-,31-/m1/s1. The second-order valence-corrected chi connectivity index (χ2v) is 11.2. The number of carbonyl (C=O) groups is 6. The third-order valence-electron chi connectivity index (χ3n) is 8.44. The van der Waals surface area contributed by atoms with E-state index in [2.05, 4.69) is 0 Å². The Labute approximate surface area is 264 Å². The van der Waals surface area contributed by atoms with Crippen molar-refractivity contribution in [1.82, 2.24) is 9.13 Å². The van der Waals surface area contributed by atoms with E-state index >= 15 is 0 Å². The summed E-state index contributed by atoms with van der Waals surface area (Å²) in [6, 6.07) is 13.6. The Hall–Kier alpha value is -5.60. The molecule has 5 atom stereocenters. The largest absolute Gasteiger partial charge is 0.456 e. The van der Waals surface area contributed by atoms with Gasteiger partial charge in [-0.25, -0.2) is 9.59 Å². The van der Waals surface area contributed by atoms with Crippen LogP contribution < -0.4 is 0 Å². The lowest BCUT2D eigenvalue weighted by Crippen LogP contribution is -2.60. The van der Waals surface area contributed by atoms with E-state index in [0.717, 1.165) is 20.8 Å². The van der Waals surface area contributed by atoms with Gasteiger partial charge in [-0.2, -0.15) is 0 Å². The average Bonchev–Trinajstić information content (AvgIpc) is 3.64. The quantitative estimate of drug-likeness (QED) is 0.124. The number of rotatable bonds is 6. The molecular weight excluding hydrogens is 616 g/mol. The number of aromatic nitrogens is 2. The van der Waals surface area contributed by atoms with Crippen LogP contribution in [0.15, 0.2) is 48.5 Å². The first kappa shape index (κ1) is 30.1. The van der Waals surface area contributed by atoms with Crippen molar-refractivity contribution in [2.45, 2.75) is 51.4 Å². The zero-order valence-electron chi connectivity index (χ0n) is 25.1. The number of carbonyl (C=O) groups excluding carboxylic acids is 6. The minimum atomic E-state index is -1.49. The molecule has 1 fully saturated rings. The van der Waals surface area contributed by atoms with Crippen molar-refractivity contribution in [3.05, 3.63) is 59.7 Å². The van der Waals surface area contributed by atoms with Crippen LogP contribution >= 0.6 is 0 Å². The van der Waals surface area contributed by atoms with Crippen molar-refractivity contribution in [2.75, 3.05) is 6.61 Å². The van der Waals surface area contributed by atoms with Gasteiger partial charge < -0.3 is 33.4 Å². The van der Waals surface area contributed by atoms with E-state index in [1.165, 1.54) is 4.57 Å². The van der Waals surface area contributed by atoms with Gasteiger partial charge in [-0.05, 0) is 12.1 Å². The first-order chi connectivity index (χ1) is 22.6. The fourth-order valence-electron chi connectivity index (χ4n) is 6.94. The summed E-state index contributed by atoms with van der Waals surface area (Å²) in [5.41, 5.74) is 1.22. The van der Waals surface area contributed by atoms with E-state index in [9.17, 15) is 33.9 Å². The normalized spacial score (nSPS) is 22.4. The molecule has 1 N–H and O–H groups in total.